The summed E-state index contributed by atoms with van der Waals surface area (Å²) >= 11 is 1.15. The van der Waals surface area contributed by atoms with Gasteiger partial charge in [0, 0.05) is 110 Å². The molecule has 0 radical (unpaired) electrons. The number of nitrogens with two attached hydrogens (primary N) is 1. The number of benzene rings is 9. The molecule has 16 rings (SSSR count). The highest BCUT2D eigenvalue weighted by Gasteiger charge is 2.47. The van der Waals surface area contributed by atoms with Gasteiger partial charge in [-0.3, -0.25) is 58.2 Å². The Morgan fingerprint density at radius 1 is 0.372 bits per heavy atom. The van der Waals surface area contributed by atoms with Gasteiger partial charge in [-0.25, -0.2) is 17.9 Å². The van der Waals surface area contributed by atoms with Crippen molar-refractivity contribution in [1.29, 1.82) is 0 Å². The molecule has 30 heteroatoms. The quantitative estimate of drug-likeness (QED) is 0.0243. The van der Waals surface area contributed by atoms with Crippen molar-refractivity contribution in [3.63, 3.8) is 0 Å². The van der Waals surface area contributed by atoms with Crippen LogP contribution in [0.15, 0.2) is 222 Å². The third kappa shape index (κ3) is 22.9. The third-order valence-electron chi connectivity index (χ3n) is 26.7. The molecule has 1 aromatic heterocycles. The zero-order valence-corrected chi connectivity index (χ0v) is 82.1. The topological polar surface area (TPSA) is 297 Å². The summed E-state index contributed by atoms with van der Waals surface area (Å²) < 4.78 is 66.7. The Morgan fingerprint density at radius 3 is 1.01 bits per heavy atom. The van der Waals surface area contributed by atoms with E-state index in [0.29, 0.717) is 131 Å². The van der Waals surface area contributed by atoms with Crippen LogP contribution in [0, 0.1) is 0 Å². The molecule has 6 aliphatic heterocycles. The number of methoxy groups -OCH3 is 6. The van der Waals surface area contributed by atoms with Gasteiger partial charge in [-0.1, -0.05) is 133 Å². The van der Waals surface area contributed by atoms with Crippen LogP contribution in [0.3, 0.4) is 0 Å². The van der Waals surface area contributed by atoms with E-state index in [1.807, 2.05) is 112 Å². The fraction of sp³-hybridized carbons (Fsp3) is 0.393. The lowest BCUT2D eigenvalue weighted by Crippen LogP contribution is -2.47. The second kappa shape index (κ2) is 46.0. The fourth-order valence-electron chi connectivity index (χ4n) is 19.3. The monoisotopic (exact) mass is 1900 g/mol. The van der Waals surface area contributed by atoms with Crippen LogP contribution >= 0.6 is 11.3 Å². The first-order chi connectivity index (χ1) is 66.2. The van der Waals surface area contributed by atoms with Gasteiger partial charge in [0.25, 0.3) is 35.4 Å². The number of anilines is 3. The van der Waals surface area contributed by atoms with E-state index >= 15 is 0 Å². The van der Waals surface area contributed by atoms with Gasteiger partial charge in [-0.15, -0.1) is 11.3 Å². The lowest BCUT2D eigenvalue weighted by Gasteiger charge is -2.39. The van der Waals surface area contributed by atoms with Crippen molar-refractivity contribution < 1.29 is 75.1 Å². The minimum atomic E-state index is -3.65. The molecule has 3 fully saturated rings. The van der Waals surface area contributed by atoms with Crippen molar-refractivity contribution in [1.82, 2.24) is 39.4 Å². The molecule has 6 aliphatic rings. The van der Waals surface area contributed by atoms with Crippen molar-refractivity contribution in [2.75, 3.05) is 156 Å². The number of rotatable bonds is 36. The number of hydrogen-bond donors (Lipinski definition) is 3. The predicted octanol–water partition coefficient (Wildman–Crippen LogP) is 17.4. The van der Waals surface area contributed by atoms with Crippen LogP contribution in [0.25, 0.3) is 0 Å². The van der Waals surface area contributed by atoms with Crippen LogP contribution in [-0.2, 0) is 14.8 Å². The number of amides is 7. The van der Waals surface area contributed by atoms with E-state index in [2.05, 4.69) is 133 Å². The van der Waals surface area contributed by atoms with E-state index in [9.17, 15) is 42.0 Å². The number of unbranched alkanes of at least 4 members (excludes halogenated alkanes) is 2. The second-order valence-corrected chi connectivity index (χ2v) is 38.9. The van der Waals surface area contributed by atoms with Gasteiger partial charge >= 0.3 is 6.09 Å². The van der Waals surface area contributed by atoms with Crippen LogP contribution in [0.5, 0.6) is 34.5 Å². The molecule has 724 valence electrons. The second-order valence-electron chi connectivity index (χ2n) is 35.9. The minimum absolute atomic E-state index is 0.143. The van der Waals surface area contributed by atoms with Gasteiger partial charge in [0.2, 0.25) is 10.0 Å². The average Bonchev–Trinajstić information content (AvgIpc) is 1.60. The lowest BCUT2D eigenvalue weighted by molar-refractivity contribution is 0.0521. The number of carbonyl (C=O) groups excluding carboxylic acids is 7. The molecule has 137 heavy (non-hydrogen) atoms. The molecule has 4 N–H and O–H groups in total. The van der Waals surface area contributed by atoms with E-state index in [4.69, 9.17) is 38.9 Å². The van der Waals surface area contributed by atoms with Crippen LogP contribution in [0.4, 0.5) is 21.9 Å². The van der Waals surface area contributed by atoms with Crippen LogP contribution < -0.4 is 58.9 Å². The van der Waals surface area contributed by atoms with E-state index in [1.54, 1.807) is 89.5 Å². The maximum Gasteiger partial charge on any atom is 0.407 e. The third-order valence-corrected chi connectivity index (χ3v) is 29.6. The molecule has 0 spiro atoms. The van der Waals surface area contributed by atoms with E-state index in [0.717, 1.165) is 131 Å². The number of piperazine rings is 3. The van der Waals surface area contributed by atoms with Crippen molar-refractivity contribution in [2.45, 2.75) is 139 Å². The first kappa shape index (κ1) is 100. The average molecular weight is 1900 g/mol. The Kier molecular flexibility index (Phi) is 33.7. The summed E-state index contributed by atoms with van der Waals surface area (Å²) in [6.45, 7) is 22.8. The summed E-state index contributed by atoms with van der Waals surface area (Å²) in [7, 11) is 5.73. The Morgan fingerprint density at radius 2 is 0.701 bits per heavy atom. The molecule has 0 bridgehead atoms. The Hall–Kier alpha value is -12.7. The highest BCUT2D eigenvalue weighted by Crippen LogP contribution is 2.47. The van der Waals surface area contributed by atoms with E-state index in [1.165, 1.54) is 38.5 Å². The first-order valence-electron chi connectivity index (χ1n) is 47.2. The van der Waals surface area contributed by atoms with Crippen molar-refractivity contribution in [2.24, 2.45) is 5.73 Å². The number of ether oxygens (including phenoxy) is 7. The molecule has 3 unspecified atom stereocenters. The SMILES string of the molecule is COc1ccc(C(CCCCN)N2C(=O)c3cccc(N4CCN([C@H](C)c5ccccc5)CC4)c3C2=O)cc1OC.COc1ccc(C(CCCCNC(=O)OC(C)(C)C)N2C(=O)c3cccc(N4CCN([C@H](C)c5ccccc5)CC4)c3C2=O)cc1OC.COc1ccc(C(CCCNS(=O)(=O)c2cccs2)N2C(=O)c3cccc(N4CCN([C@H](C)c5ccccc5)CC4)c3C2=O)cc1OC. The molecule has 9 aromatic carbocycles. The van der Waals surface area contributed by atoms with E-state index < -0.39 is 39.8 Å². The van der Waals surface area contributed by atoms with Crippen LogP contribution in [-0.4, -0.2) is 226 Å². The molecule has 10 aromatic rings. The number of alkyl carbamates (subject to hydrolysis) is 1. The molecule has 28 nitrogen and oxygen atoms in total. The molecular weight excluding hydrogens is 1770 g/mol. The normalized spacial score (nSPS) is 16.6. The Balaban J connectivity index is 0.000000165. The van der Waals surface area contributed by atoms with Gasteiger partial charge in [-0.05, 0) is 217 Å². The molecule has 3 saturated heterocycles. The van der Waals surface area contributed by atoms with Crippen molar-refractivity contribution in [3.8, 4) is 34.5 Å². The number of nitrogens with zero attached hydrogens (tertiary/aromatic N) is 9. The van der Waals surface area contributed by atoms with Gasteiger partial charge in [0.15, 0.2) is 34.5 Å². The van der Waals surface area contributed by atoms with Crippen LogP contribution in [0.2, 0.25) is 0 Å². The number of nitrogens with one attached hydrogen (secondary N) is 2. The number of thiophene rings is 1. The molecule has 0 aliphatic carbocycles. The summed E-state index contributed by atoms with van der Waals surface area (Å²) in [6, 6.07) is 67.1. The van der Waals surface area contributed by atoms with Crippen molar-refractivity contribution in [3.05, 3.63) is 284 Å². The Labute approximate surface area is 808 Å². The number of hydrogen-bond acceptors (Lipinski definition) is 24. The van der Waals surface area contributed by atoms with Gasteiger partial charge in [0.05, 0.1) is 111 Å². The highest BCUT2D eigenvalue weighted by atomic mass is 32.2. The smallest absolute Gasteiger partial charge is 0.407 e. The maximum absolute atomic E-state index is 14.4. The largest absolute Gasteiger partial charge is 0.493 e. The van der Waals surface area contributed by atoms with Gasteiger partial charge in [-0.2, -0.15) is 0 Å². The molecule has 7 amide bonds. The molecule has 6 atom stereocenters. The minimum Gasteiger partial charge on any atom is -0.493 e. The molecular formula is C107H128N12O16S2. The summed E-state index contributed by atoms with van der Waals surface area (Å²) in [5.41, 5.74) is 16.4. The summed E-state index contributed by atoms with van der Waals surface area (Å²) in [5, 5.41) is 4.51. The fourth-order valence-corrected chi connectivity index (χ4v) is 21.4. The Bertz CT molecular complexity index is 5970. The molecule has 0 saturated carbocycles. The van der Waals surface area contributed by atoms with Gasteiger partial charge in [0.1, 0.15) is 9.81 Å². The van der Waals surface area contributed by atoms with E-state index in [-0.39, 0.29) is 58.3 Å². The number of sulfonamides is 1. The maximum atomic E-state index is 14.4. The predicted molar refractivity (Wildman–Crippen MR) is 533 cm³/mol. The zero-order chi connectivity index (χ0) is 97.2. The summed E-state index contributed by atoms with van der Waals surface area (Å²) in [6.07, 6.45) is 4.25. The van der Waals surface area contributed by atoms with Crippen LogP contribution in [0.1, 0.15) is 225 Å². The van der Waals surface area contributed by atoms with Gasteiger partial charge < -0.3 is 58.9 Å². The number of fused-ring (bicyclic) bond motifs is 3. The lowest BCUT2D eigenvalue weighted by atomic mass is 9.98. The summed E-state index contributed by atoms with van der Waals surface area (Å²) in [5.74, 6) is 1.42. The number of carbonyl (C=O) groups is 7. The highest BCUT2D eigenvalue weighted by molar-refractivity contribution is 7.91. The first-order valence-corrected chi connectivity index (χ1v) is 49.6. The van der Waals surface area contributed by atoms with Crippen molar-refractivity contribution >= 4 is 80.0 Å². The zero-order valence-electron chi connectivity index (χ0n) is 80.5. The molecule has 7 heterocycles. The number of imide groups is 3. The standard InChI is InChI=1S/C38H48N4O6.C36H40N4O6S2.C33H40N4O4/c1-26(27-13-8-7-9-14-27)40-21-23-41(24-22-40)31-17-12-15-29-34(31)36(44)42(35(29)43)30(28-18-19-32(46-5)33(25-28)47-6)16-10-11-20-39-37(45)48-38(2,3)4;1-25(26-10-5-4-6-11-26)38-19-21-39(22-20-38)30-13-7-12-28-34(30)36(42)40(35(28)41)29(27-16-17-31(45-2)32(24-27)46-3)14-8-18-37-48(43,44)33-15-9-23-47-33;1-23(24-10-5-4-6-11-24)35-18-20-36(21-19-35)28-14-9-12-26-31(28)33(39)37(32(26)38)27(13-7-8-17-34)25-15-16-29(40-2)30(22-25)41-3/h7-9,12-15,17-19,25-26,30H,10-11,16,20-24H2,1-6H3,(H,39,45);4-7,9-13,15-17,23-25,29,37H,8,14,18-22H2,1-3H3;4-6,9-12,14-16,22-23,27H,7-8,13,17-21,34H2,1-3H3/t26-,30?;25-,29?;23-,27?/m111/s1. The summed E-state index contributed by atoms with van der Waals surface area (Å²) in [4.78, 5) is 115.